The van der Waals surface area contributed by atoms with Crippen molar-refractivity contribution in [3.63, 3.8) is 0 Å². The summed E-state index contributed by atoms with van der Waals surface area (Å²) in [7, 11) is 1.68. The molecule has 1 saturated heterocycles. The van der Waals surface area contributed by atoms with Crippen molar-refractivity contribution in [3.05, 3.63) is 0 Å². The number of ether oxygens (including phenoxy) is 1. The fourth-order valence-electron chi connectivity index (χ4n) is 2.33. The number of nitrogens with one attached hydrogen (secondary N) is 1. The molecule has 108 valence electrons. The number of carbonyl (C=O) groups is 2. The lowest BCUT2D eigenvalue weighted by molar-refractivity contribution is -0.134. The van der Waals surface area contributed by atoms with Crippen LogP contribution in [0.15, 0.2) is 0 Å². The third-order valence-corrected chi connectivity index (χ3v) is 4.13. The van der Waals surface area contributed by atoms with Gasteiger partial charge >= 0.3 is 0 Å². The molecule has 1 aliphatic heterocycles. The first-order valence-corrected chi connectivity index (χ1v) is 7.06. The molecule has 1 N–H and O–H groups in total. The average molecular weight is 268 g/mol. The van der Waals surface area contributed by atoms with Crippen LogP contribution in [0.3, 0.4) is 0 Å². The van der Waals surface area contributed by atoms with Gasteiger partial charge in [-0.3, -0.25) is 9.59 Å². The van der Waals surface area contributed by atoms with Gasteiger partial charge in [-0.25, -0.2) is 0 Å². The van der Waals surface area contributed by atoms with Crippen molar-refractivity contribution in [2.24, 2.45) is 5.92 Å². The molecule has 0 aromatic rings. The first kappa shape index (κ1) is 14.3. The summed E-state index contributed by atoms with van der Waals surface area (Å²) < 4.78 is 5.38. The molecule has 0 aromatic carbocycles. The fourth-order valence-corrected chi connectivity index (χ4v) is 2.33. The van der Waals surface area contributed by atoms with Crippen LogP contribution in [-0.4, -0.2) is 48.6 Å². The monoisotopic (exact) mass is 268 g/mol. The highest BCUT2D eigenvalue weighted by atomic mass is 16.5. The van der Waals surface area contributed by atoms with Crippen molar-refractivity contribution < 1.29 is 14.3 Å². The maximum atomic E-state index is 12.4. The molecule has 5 nitrogen and oxygen atoms in total. The molecule has 2 fully saturated rings. The molecule has 2 aliphatic rings. The van der Waals surface area contributed by atoms with Crippen LogP contribution in [0, 0.1) is 5.92 Å². The summed E-state index contributed by atoms with van der Waals surface area (Å²) in [6, 6.07) is -0.291. The van der Waals surface area contributed by atoms with Crippen LogP contribution < -0.4 is 5.32 Å². The number of rotatable bonds is 5. The molecular formula is C14H24N2O3. The first-order chi connectivity index (χ1) is 8.93. The predicted octanol–water partition coefficient (Wildman–Crippen LogP) is 0.929. The summed E-state index contributed by atoms with van der Waals surface area (Å²) in [4.78, 5) is 25.9. The van der Waals surface area contributed by atoms with Gasteiger partial charge in [0.25, 0.3) is 0 Å². The molecule has 1 atom stereocenters. The molecule has 0 radical (unpaired) electrons. The number of amides is 2. The minimum absolute atomic E-state index is 0.00116. The van der Waals surface area contributed by atoms with E-state index in [1.807, 2.05) is 18.7 Å². The van der Waals surface area contributed by atoms with Crippen molar-refractivity contribution >= 4 is 11.8 Å². The van der Waals surface area contributed by atoms with Gasteiger partial charge in [0.05, 0.1) is 5.60 Å². The number of hydrogen-bond acceptors (Lipinski definition) is 3. The SMILES string of the molecule is COC(C)(C)CCN1CCC(=O)NC(C2CC2)C1=O. The Kier molecular flexibility index (Phi) is 4.13. The Balaban J connectivity index is 1.98. The van der Waals surface area contributed by atoms with Crippen LogP contribution >= 0.6 is 0 Å². The number of carbonyl (C=O) groups excluding carboxylic acids is 2. The Morgan fingerprint density at radius 3 is 2.63 bits per heavy atom. The zero-order valence-electron chi connectivity index (χ0n) is 12.1. The molecule has 0 bridgehead atoms. The number of hydrogen-bond donors (Lipinski definition) is 1. The summed E-state index contributed by atoms with van der Waals surface area (Å²) in [6.45, 7) is 5.19. The van der Waals surface area contributed by atoms with Crippen LogP contribution in [0.4, 0.5) is 0 Å². The summed E-state index contributed by atoms with van der Waals surface area (Å²) in [5.41, 5.74) is -0.237. The smallest absolute Gasteiger partial charge is 0.245 e. The van der Waals surface area contributed by atoms with Crippen molar-refractivity contribution in [2.75, 3.05) is 20.2 Å². The normalized spacial score (nSPS) is 25.2. The average Bonchev–Trinajstić information content (AvgIpc) is 3.18. The van der Waals surface area contributed by atoms with Crippen molar-refractivity contribution in [1.82, 2.24) is 10.2 Å². The summed E-state index contributed by atoms with van der Waals surface area (Å²) in [6.07, 6.45) is 3.28. The minimum Gasteiger partial charge on any atom is -0.379 e. The molecule has 1 heterocycles. The number of nitrogens with zero attached hydrogens (tertiary/aromatic N) is 1. The van der Waals surface area contributed by atoms with Crippen molar-refractivity contribution in [1.29, 1.82) is 0 Å². The molecule has 0 aromatic heterocycles. The maximum Gasteiger partial charge on any atom is 0.245 e. The van der Waals surface area contributed by atoms with E-state index in [1.165, 1.54) is 0 Å². The fraction of sp³-hybridized carbons (Fsp3) is 0.857. The lowest BCUT2D eigenvalue weighted by atomic mass is 10.0. The molecule has 2 amide bonds. The van der Waals surface area contributed by atoms with Crippen LogP contribution in [0.2, 0.25) is 0 Å². The van der Waals surface area contributed by atoms with E-state index in [9.17, 15) is 9.59 Å². The highest BCUT2D eigenvalue weighted by Crippen LogP contribution is 2.34. The van der Waals surface area contributed by atoms with Crippen LogP contribution in [0.1, 0.15) is 39.5 Å². The van der Waals surface area contributed by atoms with Crippen LogP contribution in [0.25, 0.3) is 0 Å². The molecule has 5 heteroatoms. The second kappa shape index (κ2) is 5.49. The van der Waals surface area contributed by atoms with Gasteiger partial charge in [-0.1, -0.05) is 0 Å². The van der Waals surface area contributed by atoms with Gasteiger partial charge in [-0.05, 0) is 39.0 Å². The van der Waals surface area contributed by atoms with Gasteiger partial charge in [-0.2, -0.15) is 0 Å². The van der Waals surface area contributed by atoms with Gasteiger partial charge in [0.15, 0.2) is 0 Å². The Morgan fingerprint density at radius 2 is 2.05 bits per heavy atom. The molecule has 0 spiro atoms. The largest absolute Gasteiger partial charge is 0.379 e. The first-order valence-electron chi connectivity index (χ1n) is 7.06. The minimum atomic E-state index is -0.291. The number of methoxy groups -OCH3 is 1. The van der Waals surface area contributed by atoms with E-state index in [0.717, 1.165) is 19.3 Å². The van der Waals surface area contributed by atoms with Gasteiger partial charge < -0.3 is 15.0 Å². The molecule has 1 unspecified atom stereocenters. The lowest BCUT2D eigenvalue weighted by Crippen LogP contribution is -2.47. The molecule has 19 heavy (non-hydrogen) atoms. The van der Waals surface area contributed by atoms with E-state index >= 15 is 0 Å². The third kappa shape index (κ3) is 3.69. The van der Waals surface area contributed by atoms with Crippen LogP contribution in [0.5, 0.6) is 0 Å². The Hall–Kier alpha value is -1.10. The Labute approximate surface area is 114 Å². The topological polar surface area (TPSA) is 58.6 Å². The van der Waals surface area contributed by atoms with Gasteiger partial charge in [-0.15, -0.1) is 0 Å². The lowest BCUT2D eigenvalue weighted by Gasteiger charge is -2.29. The van der Waals surface area contributed by atoms with E-state index in [1.54, 1.807) is 7.11 Å². The zero-order valence-corrected chi connectivity index (χ0v) is 12.1. The Bertz CT molecular complexity index is 364. The quantitative estimate of drug-likeness (QED) is 0.807. The second-order valence-corrected chi connectivity index (χ2v) is 6.17. The van der Waals surface area contributed by atoms with Crippen molar-refractivity contribution in [3.8, 4) is 0 Å². The van der Waals surface area contributed by atoms with E-state index in [4.69, 9.17) is 4.74 Å². The van der Waals surface area contributed by atoms with E-state index < -0.39 is 0 Å². The molecule has 1 aliphatic carbocycles. The maximum absolute atomic E-state index is 12.4. The Morgan fingerprint density at radius 1 is 1.37 bits per heavy atom. The van der Waals surface area contributed by atoms with Crippen LogP contribution in [-0.2, 0) is 14.3 Å². The van der Waals surface area contributed by atoms with Gasteiger partial charge in [0.1, 0.15) is 6.04 Å². The zero-order chi connectivity index (χ0) is 14.0. The summed E-state index contributed by atoms with van der Waals surface area (Å²) in [5, 5.41) is 2.87. The van der Waals surface area contributed by atoms with E-state index in [2.05, 4.69) is 5.32 Å². The third-order valence-electron chi connectivity index (χ3n) is 4.13. The summed E-state index contributed by atoms with van der Waals surface area (Å²) >= 11 is 0. The second-order valence-electron chi connectivity index (χ2n) is 6.17. The summed E-state index contributed by atoms with van der Waals surface area (Å²) in [5.74, 6) is 0.437. The molecule has 2 rings (SSSR count). The highest BCUT2D eigenvalue weighted by molar-refractivity contribution is 5.90. The molecular weight excluding hydrogens is 244 g/mol. The van der Waals surface area contributed by atoms with E-state index in [-0.39, 0.29) is 23.5 Å². The highest BCUT2D eigenvalue weighted by Gasteiger charge is 2.41. The van der Waals surface area contributed by atoms with E-state index in [0.29, 0.717) is 25.4 Å². The predicted molar refractivity (Wildman–Crippen MR) is 71.6 cm³/mol. The molecule has 1 saturated carbocycles. The van der Waals surface area contributed by atoms with Crippen molar-refractivity contribution in [2.45, 2.75) is 51.2 Å². The standard InChI is InChI=1S/C14H24N2O3/c1-14(2,19-3)7-9-16-8-6-11(17)15-12(13(16)18)10-4-5-10/h10,12H,4-9H2,1-3H3,(H,15,17). The van der Waals surface area contributed by atoms with Gasteiger partial charge in [0, 0.05) is 26.6 Å². The van der Waals surface area contributed by atoms with Gasteiger partial charge in [0.2, 0.25) is 11.8 Å².